The van der Waals surface area contributed by atoms with E-state index in [1.54, 1.807) is 6.92 Å². The van der Waals surface area contributed by atoms with Crippen LogP contribution in [-0.4, -0.2) is 13.1 Å². The fourth-order valence-corrected chi connectivity index (χ4v) is 2.01. The van der Waals surface area contributed by atoms with Gasteiger partial charge in [-0.05, 0) is 68.5 Å². The maximum atomic E-state index is 13.6. The third-order valence-electron chi connectivity index (χ3n) is 3.18. The SMILES string of the molecule is Cc1cc(F)c(CCCCCNCC(C)C)cc1F. The molecule has 0 spiro atoms. The van der Waals surface area contributed by atoms with Crippen LogP contribution in [0.1, 0.15) is 44.2 Å². The molecule has 0 saturated heterocycles. The molecule has 0 atom stereocenters. The molecule has 0 aliphatic carbocycles. The predicted octanol–water partition coefficient (Wildman–Crippen LogP) is 4.23. The van der Waals surface area contributed by atoms with Crippen LogP contribution in [0.2, 0.25) is 0 Å². The van der Waals surface area contributed by atoms with Crippen molar-refractivity contribution in [3.05, 3.63) is 34.9 Å². The van der Waals surface area contributed by atoms with E-state index < -0.39 is 0 Å². The third-order valence-corrected chi connectivity index (χ3v) is 3.18. The minimum Gasteiger partial charge on any atom is -0.316 e. The van der Waals surface area contributed by atoms with Crippen LogP contribution >= 0.6 is 0 Å². The summed E-state index contributed by atoms with van der Waals surface area (Å²) in [5, 5.41) is 3.38. The number of hydrogen-bond acceptors (Lipinski definition) is 1. The minimum absolute atomic E-state index is 0.281. The largest absolute Gasteiger partial charge is 0.316 e. The quantitative estimate of drug-likeness (QED) is 0.696. The van der Waals surface area contributed by atoms with Crippen LogP contribution in [0.15, 0.2) is 12.1 Å². The Bertz CT molecular complexity index is 389. The molecular weight excluding hydrogens is 244 g/mol. The van der Waals surface area contributed by atoms with Crippen LogP contribution in [0.4, 0.5) is 8.78 Å². The van der Waals surface area contributed by atoms with Crippen LogP contribution in [-0.2, 0) is 6.42 Å². The molecule has 0 unspecified atom stereocenters. The van der Waals surface area contributed by atoms with E-state index in [1.165, 1.54) is 12.1 Å². The first kappa shape index (κ1) is 16.1. The molecule has 1 N–H and O–H groups in total. The lowest BCUT2D eigenvalue weighted by atomic mass is 10.0. The van der Waals surface area contributed by atoms with Gasteiger partial charge in [0.15, 0.2) is 0 Å². The molecule has 1 aromatic carbocycles. The summed E-state index contributed by atoms with van der Waals surface area (Å²) in [7, 11) is 0. The van der Waals surface area contributed by atoms with E-state index in [0.717, 1.165) is 32.4 Å². The zero-order valence-corrected chi connectivity index (χ0v) is 12.2. The number of unbranched alkanes of at least 4 members (excludes halogenated alkanes) is 2. The lowest BCUT2D eigenvalue weighted by molar-refractivity contribution is 0.526. The van der Waals surface area contributed by atoms with E-state index in [2.05, 4.69) is 19.2 Å². The molecule has 1 nitrogen and oxygen atoms in total. The minimum atomic E-state index is -0.310. The summed E-state index contributed by atoms with van der Waals surface area (Å²) < 4.78 is 26.9. The Balaban J connectivity index is 2.21. The molecule has 0 aliphatic rings. The van der Waals surface area contributed by atoms with Gasteiger partial charge in [0.2, 0.25) is 0 Å². The maximum Gasteiger partial charge on any atom is 0.126 e. The molecule has 1 aromatic rings. The van der Waals surface area contributed by atoms with Gasteiger partial charge in [-0.3, -0.25) is 0 Å². The molecule has 0 saturated carbocycles. The average molecular weight is 269 g/mol. The number of nitrogens with one attached hydrogen (secondary N) is 1. The summed E-state index contributed by atoms with van der Waals surface area (Å²) in [6.45, 7) is 7.99. The fraction of sp³-hybridized carbons (Fsp3) is 0.625. The summed E-state index contributed by atoms with van der Waals surface area (Å²) in [4.78, 5) is 0. The van der Waals surface area contributed by atoms with E-state index in [-0.39, 0.29) is 11.6 Å². The molecule has 19 heavy (non-hydrogen) atoms. The predicted molar refractivity (Wildman–Crippen MR) is 76.4 cm³/mol. The van der Waals surface area contributed by atoms with Gasteiger partial charge in [-0.15, -0.1) is 0 Å². The van der Waals surface area contributed by atoms with Gasteiger partial charge in [0.25, 0.3) is 0 Å². The highest BCUT2D eigenvalue weighted by Gasteiger charge is 2.06. The molecule has 108 valence electrons. The Kier molecular flexibility index (Phi) is 7.00. The highest BCUT2D eigenvalue weighted by atomic mass is 19.1. The first-order valence-electron chi connectivity index (χ1n) is 7.16. The first-order chi connectivity index (χ1) is 9.00. The van der Waals surface area contributed by atoms with Gasteiger partial charge < -0.3 is 5.32 Å². The lowest BCUT2D eigenvalue weighted by Gasteiger charge is -2.08. The summed E-state index contributed by atoms with van der Waals surface area (Å²) in [5.74, 6) is 0.0801. The topological polar surface area (TPSA) is 12.0 Å². The van der Waals surface area contributed by atoms with Gasteiger partial charge in [0.05, 0.1) is 0 Å². The third kappa shape index (κ3) is 6.15. The van der Waals surface area contributed by atoms with Crippen molar-refractivity contribution in [2.45, 2.75) is 46.5 Å². The molecule has 3 heteroatoms. The van der Waals surface area contributed by atoms with E-state index in [0.29, 0.717) is 23.5 Å². The summed E-state index contributed by atoms with van der Waals surface area (Å²) in [6, 6.07) is 2.62. The first-order valence-corrected chi connectivity index (χ1v) is 7.16. The molecule has 0 aromatic heterocycles. The van der Waals surface area contributed by atoms with E-state index in [4.69, 9.17) is 0 Å². The van der Waals surface area contributed by atoms with Crippen LogP contribution in [0.3, 0.4) is 0 Å². The van der Waals surface area contributed by atoms with Crippen LogP contribution in [0.5, 0.6) is 0 Å². The van der Waals surface area contributed by atoms with Crippen molar-refractivity contribution in [1.82, 2.24) is 5.32 Å². The number of aryl methyl sites for hydroxylation is 2. The molecule has 1 rings (SSSR count). The zero-order chi connectivity index (χ0) is 14.3. The molecule has 0 heterocycles. The smallest absolute Gasteiger partial charge is 0.126 e. The second-order valence-corrected chi connectivity index (χ2v) is 5.60. The maximum absolute atomic E-state index is 13.6. The molecule has 0 fully saturated rings. The number of rotatable bonds is 8. The Hall–Kier alpha value is -0.960. The van der Waals surface area contributed by atoms with Gasteiger partial charge >= 0.3 is 0 Å². The van der Waals surface area contributed by atoms with E-state index in [9.17, 15) is 8.78 Å². The molecule has 0 aliphatic heterocycles. The van der Waals surface area contributed by atoms with Crippen LogP contribution in [0, 0.1) is 24.5 Å². The number of hydrogen-bond donors (Lipinski definition) is 1. The standard InChI is InChI=1S/C16H25F2N/c1-12(2)11-19-8-6-4-5-7-14-10-15(17)13(3)9-16(14)18/h9-10,12,19H,4-8,11H2,1-3H3. The van der Waals surface area contributed by atoms with Crippen LogP contribution in [0.25, 0.3) is 0 Å². The Morgan fingerprint density at radius 2 is 1.79 bits per heavy atom. The highest BCUT2D eigenvalue weighted by Crippen LogP contribution is 2.16. The number of halogens is 2. The Morgan fingerprint density at radius 1 is 1.05 bits per heavy atom. The van der Waals surface area contributed by atoms with E-state index in [1.807, 2.05) is 0 Å². The van der Waals surface area contributed by atoms with Crippen molar-refractivity contribution >= 4 is 0 Å². The zero-order valence-electron chi connectivity index (χ0n) is 12.2. The van der Waals surface area contributed by atoms with Crippen molar-refractivity contribution in [3.63, 3.8) is 0 Å². The molecule has 0 bridgehead atoms. The van der Waals surface area contributed by atoms with Crippen molar-refractivity contribution in [2.75, 3.05) is 13.1 Å². The second-order valence-electron chi connectivity index (χ2n) is 5.60. The Morgan fingerprint density at radius 3 is 2.47 bits per heavy atom. The Labute approximate surface area is 115 Å². The number of benzene rings is 1. The summed E-state index contributed by atoms with van der Waals surface area (Å²) in [5.41, 5.74) is 0.873. The van der Waals surface area contributed by atoms with Crippen molar-refractivity contribution in [3.8, 4) is 0 Å². The van der Waals surface area contributed by atoms with Crippen LogP contribution < -0.4 is 5.32 Å². The molecule has 0 amide bonds. The van der Waals surface area contributed by atoms with Gasteiger partial charge in [-0.25, -0.2) is 8.78 Å². The van der Waals surface area contributed by atoms with E-state index >= 15 is 0 Å². The van der Waals surface area contributed by atoms with Gasteiger partial charge in [0.1, 0.15) is 11.6 Å². The van der Waals surface area contributed by atoms with Crippen molar-refractivity contribution in [2.24, 2.45) is 5.92 Å². The highest BCUT2D eigenvalue weighted by molar-refractivity contribution is 5.25. The second kappa shape index (κ2) is 8.26. The summed E-state index contributed by atoms with van der Waals surface area (Å²) in [6.07, 6.45) is 3.65. The lowest BCUT2D eigenvalue weighted by Crippen LogP contribution is -2.20. The van der Waals surface area contributed by atoms with Gasteiger partial charge in [-0.2, -0.15) is 0 Å². The van der Waals surface area contributed by atoms with Gasteiger partial charge in [-0.1, -0.05) is 20.3 Å². The summed E-state index contributed by atoms with van der Waals surface area (Å²) >= 11 is 0. The normalized spacial score (nSPS) is 11.3. The van der Waals surface area contributed by atoms with Crippen molar-refractivity contribution in [1.29, 1.82) is 0 Å². The molecular formula is C16H25F2N. The fourth-order valence-electron chi connectivity index (χ4n) is 2.01. The average Bonchev–Trinajstić information content (AvgIpc) is 2.33. The monoisotopic (exact) mass is 269 g/mol. The van der Waals surface area contributed by atoms with Gasteiger partial charge in [0, 0.05) is 0 Å². The van der Waals surface area contributed by atoms with Crippen molar-refractivity contribution < 1.29 is 8.78 Å². The molecule has 0 radical (unpaired) electrons.